The number of amides is 2. The quantitative estimate of drug-likeness (QED) is 0.348. The van der Waals surface area contributed by atoms with E-state index in [9.17, 15) is 27.6 Å². The molecule has 38 heavy (non-hydrogen) atoms. The Morgan fingerprint density at radius 1 is 0.974 bits per heavy atom. The smallest absolute Gasteiger partial charge is 0.408 e. The normalized spacial score (nSPS) is 11.7. The molecule has 194 valence electrons. The van der Waals surface area contributed by atoms with Crippen LogP contribution in [0.15, 0.2) is 64.1 Å². The average molecular weight is 525 g/mol. The zero-order chi connectivity index (χ0) is 27.0. The summed E-state index contributed by atoms with van der Waals surface area (Å²) < 4.78 is 46.4. The first-order chi connectivity index (χ1) is 18.1. The summed E-state index contributed by atoms with van der Waals surface area (Å²) in [6, 6.07) is 9.95. The number of fused-ring (bicyclic) bond motifs is 2. The first-order valence-electron chi connectivity index (χ1n) is 11.1. The number of halogens is 3. The van der Waals surface area contributed by atoms with Gasteiger partial charge in [-0.2, -0.15) is 18.3 Å². The summed E-state index contributed by atoms with van der Waals surface area (Å²) in [6.07, 6.45) is -2.21. The molecule has 0 aliphatic heterocycles. The van der Waals surface area contributed by atoms with Crippen LogP contribution in [0.25, 0.3) is 16.7 Å². The lowest BCUT2D eigenvalue weighted by molar-refractivity contribution is -0.141. The van der Waals surface area contributed by atoms with E-state index < -0.39 is 29.4 Å². The Morgan fingerprint density at radius 2 is 1.71 bits per heavy atom. The third kappa shape index (κ3) is 4.83. The fourth-order valence-corrected chi connectivity index (χ4v) is 3.76. The molecule has 4 heterocycles. The van der Waals surface area contributed by atoms with Gasteiger partial charge < -0.3 is 15.1 Å². The molecule has 5 rings (SSSR count). The van der Waals surface area contributed by atoms with E-state index in [2.05, 4.69) is 25.7 Å². The Hall–Kier alpha value is -5.01. The number of pyridine rings is 1. The minimum atomic E-state index is -4.62. The number of benzene rings is 1. The van der Waals surface area contributed by atoms with Crippen molar-refractivity contribution < 1.29 is 27.2 Å². The van der Waals surface area contributed by atoms with E-state index in [0.717, 1.165) is 12.3 Å². The van der Waals surface area contributed by atoms with Crippen molar-refractivity contribution in [2.75, 3.05) is 0 Å². The van der Waals surface area contributed by atoms with E-state index in [1.54, 1.807) is 25.2 Å². The number of hydrogen-bond donors (Lipinski definition) is 2. The Morgan fingerprint density at radius 3 is 2.47 bits per heavy atom. The number of rotatable bonds is 6. The molecule has 11 nitrogen and oxygen atoms in total. The van der Waals surface area contributed by atoms with Gasteiger partial charge in [0.2, 0.25) is 0 Å². The van der Waals surface area contributed by atoms with Gasteiger partial charge >= 0.3 is 11.9 Å². The van der Waals surface area contributed by atoms with Crippen molar-refractivity contribution in [3.63, 3.8) is 0 Å². The molecule has 1 aromatic carbocycles. The highest BCUT2D eigenvalue weighted by Gasteiger charge is 2.32. The fourth-order valence-electron chi connectivity index (χ4n) is 3.76. The lowest BCUT2D eigenvalue weighted by Crippen LogP contribution is -2.28. The van der Waals surface area contributed by atoms with Crippen molar-refractivity contribution in [2.24, 2.45) is 7.05 Å². The van der Waals surface area contributed by atoms with Crippen molar-refractivity contribution in [1.82, 2.24) is 34.8 Å². The number of carbonyl (C=O) groups is 2. The maximum atomic E-state index is 12.9. The topological polar surface area (TPSA) is 136 Å². The van der Waals surface area contributed by atoms with E-state index >= 15 is 0 Å². The van der Waals surface area contributed by atoms with E-state index in [1.807, 2.05) is 0 Å². The van der Waals surface area contributed by atoms with Gasteiger partial charge in [0.25, 0.3) is 11.8 Å². The summed E-state index contributed by atoms with van der Waals surface area (Å²) >= 11 is 0. The SMILES string of the molecule is Cn1c(=O)oc2ccc(CNC(=O)c3cc(C(=O)NCc4ccnc(C(F)(F)F)c4)n4nccc4n3)cc21. The second kappa shape index (κ2) is 9.46. The van der Waals surface area contributed by atoms with Gasteiger partial charge in [0.1, 0.15) is 17.1 Å². The van der Waals surface area contributed by atoms with Gasteiger partial charge in [-0.15, -0.1) is 0 Å². The van der Waals surface area contributed by atoms with Crippen molar-refractivity contribution >= 4 is 28.6 Å². The number of oxazole rings is 1. The molecule has 4 aromatic heterocycles. The molecule has 0 spiro atoms. The van der Waals surface area contributed by atoms with Gasteiger partial charge in [0.05, 0.1) is 11.7 Å². The van der Waals surface area contributed by atoms with Crippen LogP contribution in [0, 0.1) is 0 Å². The van der Waals surface area contributed by atoms with Crippen molar-refractivity contribution in [3.05, 3.63) is 93.6 Å². The Bertz CT molecular complexity index is 1750. The molecular weight excluding hydrogens is 507 g/mol. The highest BCUT2D eigenvalue weighted by atomic mass is 19.4. The predicted molar refractivity (Wildman–Crippen MR) is 126 cm³/mol. The molecule has 0 aliphatic carbocycles. The molecule has 0 unspecified atom stereocenters. The first kappa shape index (κ1) is 24.7. The van der Waals surface area contributed by atoms with Crippen LogP contribution in [0.1, 0.15) is 37.8 Å². The van der Waals surface area contributed by atoms with Crippen LogP contribution in [-0.4, -0.2) is 36.0 Å². The van der Waals surface area contributed by atoms with E-state index in [4.69, 9.17) is 4.42 Å². The second-order valence-electron chi connectivity index (χ2n) is 8.27. The van der Waals surface area contributed by atoms with Crippen LogP contribution in [0.2, 0.25) is 0 Å². The van der Waals surface area contributed by atoms with Crippen LogP contribution in [0.5, 0.6) is 0 Å². The maximum Gasteiger partial charge on any atom is 0.433 e. The zero-order valence-electron chi connectivity index (χ0n) is 19.6. The first-order valence-corrected chi connectivity index (χ1v) is 11.1. The molecule has 2 amide bonds. The summed E-state index contributed by atoms with van der Waals surface area (Å²) in [5.74, 6) is -1.75. The molecule has 0 saturated heterocycles. The van der Waals surface area contributed by atoms with Crippen LogP contribution < -0.4 is 16.4 Å². The number of alkyl halides is 3. The third-order valence-electron chi connectivity index (χ3n) is 5.70. The summed E-state index contributed by atoms with van der Waals surface area (Å²) in [7, 11) is 1.57. The molecule has 0 fully saturated rings. The van der Waals surface area contributed by atoms with Crippen molar-refractivity contribution in [1.29, 1.82) is 0 Å². The van der Waals surface area contributed by atoms with E-state index in [0.29, 0.717) is 16.7 Å². The third-order valence-corrected chi connectivity index (χ3v) is 5.70. The van der Waals surface area contributed by atoms with E-state index in [-0.39, 0.29) is 35.7 Å². The highest BCUT2D eigenvalue weighted by Crippen LogP contribution is 2.27. The van der Waals surface area contributed by atoms with Gasteiger partial charge in [-0.3, -0.25) is 19.1 Å². The van der Waals surface area contributed by atoms with Crippen molar-refractivity contribution in [2.45, 2.75) is 19.3 Å². The number of aromatic nitrogens is 5. The number of nitrogens with one attached hydrogen (secondary N) is 2. The second-order valence-corrected chi connectivity index (χ2v) is 8.27. The minimum absolute atomic E-state index is 0.0370. The standard InChI is InChI=1S/C24H18F3N7O4/c1-33-16-8-13(2-3-18(16)38-23(33)37)11-29-21(35)15-10-17(34-20(32-15)5-7-31-34)22(36)30-12-14-4-6-28-19(9-14)24(25,26)27/h2-10H,11-12H2,1H3,(H,29,35)(H,30,36). The molecule has 0 bridgehead atoms. The number of nitrogens with zero attached hydrogens (tertiary/aromatic N) is 5. The summed E-state index contributed by atoms with van der Waals surface area (Å²) in [4.78, 5) is 45.0. The van der Waals surface area contributed by atoms with Gasteiger partial charge in [-0.1, -0.05) is 6.07 Å². The van der Waals surface area contributed by atoms with Crippen molar-refractivity contribution in [3.8, 4) is 0 Å². The Labute approximate surface area is 210 Å². The lowest BCUT2D eigenvalue weighted by Gasteiger charge is -2.11. The van der Waals surface area contributed by atoms with Gasteiger partial charge in [-0.05, 0) is 35.4 Å². The van der Waals surface area contributed by atoms with Gasteiger partial charge in [-0.25, -0.2) is 14.3 Å². The molecule has 0 atom stereocenters. The van der Waals surface area contributed by atoms with Crippen LogP contribution >= 0.6 is 0 Å². The molecule has 0 radical (unpaired) electrons. The number of aryl methyl sites for hydroxylation is 1. The van der Waals surface area contributed by atoms with E-state index in [1.165, 1.54) is 33.5 Å². The molecular formula is C24H18F3N7O4. The Kier molecular flexibility index (Phi) is 6.14. The lowest BCUT2D eigenvalue weighted by atomic mass is 10.2. The van der Waals surface area contributed by atoms with Crippen LogP contribution in [0.4, 0.5) is 13.2 Å². The van der Waals surface area contributed by atoms with Gasteiger partial charge in [0.15, 0.2) is 11.2 Å². The average Bonchev–Trinajstić information content (AvgIpc) is 3.48. The van der Waals surface area contributed by atoms with Gasteiger partial charge in [0, 0.05) is 38.5 Å². The fraction of sp³-hybridized carbons (Fsp3) is 0.167. The molecule has 14 heteroatoms. The van der Waals surface area contributed by atoms with Crippen LogP contribution in [0.3, 0.4) is 0 Å². The monoisotopic (exact) mass is 525 g/mol. The summed E-state index contributed by atoms with van der Waals surface area (Å²) in [5.41, 5.74) is 0.913. The molecule has 0 aliphatic rings. The zero-order valence-corrected chi connectivity index (χ0v) is 19.6. The maximum absolute atomic E-state index is 12.9. The summed E-state index contributed by atoms with van der Waals surface area (Å²) in [5, 5.41) is 9.29. The Balaban J connectivity index is 1.33. The molecule has 2 N–H and O–H groups in total. The van der Waals surface area contributed by atoms with Crippen LogP contribution in [-0.2, 0) is 26.3 Å². The predicted octanol–water partition coefficient (Wildman–Crippen LogP) is 2.45. The summed E-state index contributed by atoms with van der Waals surface area (Å²) in [6.45, 7) is -0.110. The molecule has 0 saturated carbocycles. The largest absolute Gasteiger partial charge is 0.433 e. The molecule has 5 aromatic rings. The highest BCUT2D eigenvalue weighted by molar-refractivity contribution is 5.98. The number of hydrogen-bond acceptors (Lipinski definition) is 7. The number of carbonyl (C=O) groups excluding carboxylic acids is 2. The minimum Gasteiger partial charge on any atom is -0.408 e.